The van der Waals surface area contributed by atoms with Gasteiger partial charge >= 0.3 is 0 Å². The van der Waals surface area contributed by atoms with Crippen LogP contribution < -0.4 is 4.90 Å². The Morgan fingerprint density at radius 3 is 2.48 bits per heavy atom. The minimum atomic E-state index is -3.58. The number of benzene rings is 2. The molecule has 1 saturated heterocycles. The zero-order chi connectivity index (χ0) is 19.7. The Hall–Kier alpha value is -2.15. The summed E-state index contributed by atoms with van der Waals surface area (Å²) in [5.74, 6) is 0. The van der Waals surface area contributed by atoms with Crippen molar-refractivity contribution < 1.29 is 8.42 Å². The molecule has 1 aliphatic heterocycles. The molecule has 3 aromatic rings. The van der Waals surface area contributed by atoms with Crippen LogP contribution in [0.3, 0.4) is 0 Å². The van der Waals surface area contributed by atoms with Crippen LogP contribution >= 0.6 is 12.4 Å². The van der Waals surface area contributed by atoms with Gasteiger partial charge in [0.1, 0.15) is 0 Å². The monoisotopic (exact) mass is 431 g/mol. The zero-order valence-electron chi connectivity index (χ0n) is 16.7. The van der Waals surface area contributed by atoms with Crippen molar-refractivity contribution in [2.24, 2.45) is 0 Å². The maximum Gasteiger partial charge on any atom is 0.208 e. The maximum atomic E-state index is 12.9. The number of rotatable bonds is 4. The van der Waals surface area contributed by atoms with Crippen LogP contribution in [0.5, 0.6) is 0 Å². The largest absolute Gasteiger partial charge is 0.354 e. The molecule has 1 atom stereocenters. The van der Waals surface area contributed by atoms with E-state index in [1.54, 1.807) is 30.3 Å². The topological polar surface area (TPSA) is 53.5 Å². The van der Waals surface area contributed by atoms with Crippen LogP contribution in [0.15, 0.2) is 70.6 Å². The second-order valence-corrected chi connectivity index (χ2v) is 9.42. The highest BCUT2D eigenvalue weighted by Gasteiger charge is 2.26. The standard InChI is InChI=1S/C22H25N3O2S.ClH/c1-24(2)21-13-6-7-14-25(21)20-12-8-9-17-15-19(16-23-22(17)20)28(26,27)18-10-4-3-5-11-18;/h3-5,8-12,15-16,21H,6-7,13-14H2,1-2H3;1H. The molecule has 1 fully saturated rings. The summed E-state index contributed by atoms with van der Waals surface area (Å²) >= 11 is 0. The third kappa shape index (κ3) is 4.10. The molecular formula is C22H26ClN3O2S. The van der Waals surface area contributed by atoms with Gasteiger partial charge in [-0.05, 0) is 57.6 Å². The predicted octanol–water partition coefficient (Wildman–Crippen LogP) is 4.37. The molecule has 154 valence electrons. The van der Waals surface area contributed by atoms with Gasteiger partial charge in [-0.1, -0.05) is 30.3 Å². The fourth-order valence-corrected chi connectivity index (χ4v) is 5.23. The van der Waals surface area contributed by atoms with Crippen molar-refractivity contribution in [1.82, 2.24) is 9.88 Å². The number of hydrogen-bond donors (Lipinski definition) is 0. The number of sulfone groups is 1. The van der Waals surface area contributed by atoms with Gasteiger partial charge in [0.25, 0.3) is 0 Å². The van der Waals surface area contributed by atoms with Crippen molar-refractivity contribution in [3.05, 3.63) is 60.8 Å². The molecule has 0 saturated carbocycles. The lowest BCUT2D eigenvalue weighted by atomic mass is 10.0. The van der Waals surface area contributed by atoms with Crippen LogP contribution in [0.25, 0.3) is 10.9 Å². The quantitative estimate of drug-likeness (QED) is 0.614. The van der Waals surface area contributed by atoms with Crippen LogP contribution in [0.2, 0.25) is 0 Å². The molecule has 0 radical (unpaired) electrons. The summed E-state index contributed by atoms with van der Waals surface area (Å²) in [5, 5.41) is 0.845. The average molecular weight is 432 g/mol. The van der Waals surface area contributed by atoms with Crippen molar-refractivity contribution in [1.29, 1.82) is 0 Å². The Labute approximate surface area is 178 Å². The lowest BCUT2D eigenvalue weighted by Gasteiger charge is -2.41. The van der Waals surface area contributed by atoms with E-state index in [-0.39, 0.29) is 22.2 Å². The van der Waals surface area contributed by atoms with Crippen LogP contribution in [0, 0.1) is 0 Å². The summed E-state index contributed by atoms with van der Waals surface area (Å²) in [6.45, 7) is 0.980. The normalized spacial score (nSPS) is 17.3. The van der Waals surface area contributed by atoms with Crippen LogP contribution in [0.1, 0.15) is 19.3 Å². The van der Waals surface area contributed by atoms with Crippen LogP contribution in [-0.4, -0.2) is 45.1 Å². The Balaban J connectivity index is 0.00000240. The van der Waals surface area contributed by atoms with Gasteiger partial charge in [0.2, 0.25) is 9.84 Å². The molecule has 2 heterocycles. The van der Waals surface area contributed by atoms with Crippen LogP contribution in [-0.2, 0) is 9.84 Å². The highest BCUT2D eigenvalue weighted by molar-refractivity contribution is 7.91. The molecule has 0 bridgehead atoms. The summed E-state index contributed by atoms with van der Waals surface area (Å²) in [4.78, 5) is 9.75. The molecule has 5 nitrogen and oxygen atoms in total. The van der Waals surface area contributed by atoms with Gasteiger partial charge in [-0.25, -0.2) is 8.42 Å². The summed E-state index contributed by atoms with van der Waals surface area (Å²) in [6.07, 6.45) is 5.30. The lowest BCUT2D eigenvalue weighted by molar-refractivity contribution is 0.241. The van der Waals surface area contributed by atoms with E-state index in [9.17, 15) is 8.42 Å². The molecule has 0 amide bonds. The van der Waals surface area contributed by atoms with E-state index in [0.717, 1.165) is 36.0 Å². The lowest BCUT2D eigenvalue weighted by Crippen LogP contribution is -2.48. The van der Waals surface area contributed by atoms with Gasteiger partial charge in [0, 0.05) is 18.1 Å². The Morgan fingerprint density at radius 2 is 1.76 bits per heavy atom. The van der Waals surface area contributed by atoms with E-state index in [1.807, 2.05) is 18.2 Å². The third-order valence-corrected chi connectivity index (χ3v) is 7.14. The van der Waals surface area contributed by atoms with Gasteiger partial charge in [0.05, 0.1) is 27.2 Å². The second-order valence-electron chi connectivity index (χ2n) is 7.47. The number of anilines is 1. The Kier molecular flexibility index (Phi) is 6.46. The molecule has 4 rings (SSSR count). The van der Waals surface area contributed by atoms with Gasteiger partial charge < -0.3 is 4.90 Å². The van der Waals surface area contributed by atoms with Crippen LogP contribution in [0.4, 0.5) is 5.69 Å². The zero-order valence-corrected chi connectivity index (χ0v) is 18.3. The fraction of sp³-hybridized carbons (Fsp3) is 0.318. The number of piperidine rings is 1. The van der Waals surface area contributed by atoms with Crippen molar-refractivity contribution in [2.45, 2.75) is 35.2 Å². The number of aromatic nitrogens is 1. The van der Waals surface area contributed by atoms with Gasteiger partial charge in [0.15, 0.2) is 0 Å². The SMILES string of the molecule is CN(C)C1CCCCN1c1cccc2cc(S(=O)(=O)c3ccccc3)cnc12.Cl. The summed E-state index contributed by atoms with van der Waals surface area (Å²) in [6, 6.07) is 16.3. The van der Waals surface area contributed by atoms with E-state index in [1.165, 1.54) is 12.6 Å². The summed E-state index contributed by atoms with van der Waals surface area (Å²) in [5.41, 5.74) is 1.92. The third-order valence-electron chi connectivity index (χ3n) is 5.41. The number of pyridine rings is 1. The fourth-order valence-electron chi connectivity index (χ4n) is 3.97. The Bertz CT molecular complexity index is 1090. The first-order valence-electron chi connectivity index (χ1n) is 9.60. The molecule has 29 heavy (non-hydrogen) atoms. The summed E-state index contributed by atoms with van der Waals surface area (Å²) < 4.78 is 25.9. The van der Waals surface area contributed by atoms with Crippen molar-refractivity contribution in [3.8, 4) is 0 Å². The number of hydrogen-bond acceptors (Lipinski definition) is 5. The average Bonchev–Trinajstić information content (AvgIpc) is 2.73. The predicted molar refractivity (Wildman–Crippen MR) is 120 cm³/mol. The molecule has 0 N–H and O–H groups in total. The molecular weight excluding hydrogens is 406 g/mol. The first kappa shape index (κ1) is 21.6. The smallest absolute Gasteiger partial charge is 0.208 e. The number of fused-ring (bicyclic) bond motifs is 1. The number of nitrogens with zero attached hydrogens (tertiary/aromatic N) is 3. The molecule has 2 aromatic carbocycles. The Morgan fingerprint density at radius 1 is 1.00 bits per heavy atom. The van der Waals surface area contributed by atoms with Crippen molar-refractivity contribution in [2.75, 3.05) is 25.5 Å². The number of halogens is 1. The van der Waals surface area contributed by atoms with Gasteiger partial charge in [-0.2, -0.15) is 0 Å². The van der Waals surface area contributed by atoms with E-state index in [4.69, 9.17) is 0 Å². The molecule has 1 unspecified atom stereocenters. The second kappa shape index (κ2) is 8.69. The van der Waals surface area contributed by atoms with Crippen molar-refractivity contribution in [3.63, 3.8) is 0 Å². The van der Waals surface area contributed by atoms with Crippen molar-refractivity contribution >= 4 is 38.8 Å². The molecule has 1 aliphatic rings. The van der Waals surface area contributed by atoms with Gasteiger partial charge in [-0.15, -0.1) is 12.4 Å². The summed E-state index contributed by atoms with van der Waals surface area (Å²) in [7, 11) is 0.630. The first-order valence-corrected chi connectivity index (χ1v) is 11.1. The maximum absolute atomic E-state index is 12.9. The van der Waals surface area contributed by atoms with E-state index in [0.29, 0.717) is 6.17 Å². The highest BCUT2D eigenvalue weighted by Crippen LogP contribution is 2.32. The highest BCUT2D eigenvalue weighted by atomic mass is 35.5. The molecule has 1 aromatic heterocycles. The van der Waals surface area contributed by atoms with E-state index in [2.05, 4.69) is 34.9 Å². The molecule has 0 spiro atoms. The molecule has 0 aliphatic carbocycles. The minimum absolute atomic E-state index is 0. The molecule has 7 heteroatoms. The minimum Gasteiger partial charge on any atom is -0.354 e. The first-order chi connectivity index (χ1) is 13.5. The van der Waals surface area contributed by atoms with Gasteiger partial charge in [-0.3, -0.25) is 9.88 Å². The van der Waals surface area contributed by atoms with E-state index >= 15 is 0 Å². The number of para-hydroxylation sites is 1. The van der Waals surface area contributed by atoms with E-state index < -0.39 is 9.84 Å².